The van der Waals surface area contributed by atoms with Crippen LogP contribution in [0.1, 0.15) is 6.42 Å². The molecular formula is C6H10O4. The summed E-state index contributed by atoms with van der Waals surface area (Å²) in [7, 11) is 1.54. The highest BCUT2D eigenvalue weighted by molar-refractivity contribution is 5.71. The first-order chi connectivity index (χ1) is 4.83. The fourth-order valence-electron chi connectivity index (χ4n) is 0.761. The predicted octanol–water partition coefficient (Wildman–Crippen LogP) is -0.0776. The van der Waals surface area contributed by atoms with Gasteiger partial charge in [0.2, 0.25) is 0 Å². The van der Waals surface area contributed by atoms with E-state index in [9.17, 15) is 4.79 Å². The second kappa shape index (κ2) is 3.53. The van der Waals surface area contributed by atoms with Gasteiger partial charge in [-0.25, -0.2) is 0 Å². The number of carbonyl (C=O) groups excluding carboxylic acids is 1. The zero-order valence-corrected chi connectivity index (χ0v) is 5.83. The van der Waals surface area contributed by atoms with Crippen LogP contribution >= 0.6 is 0 Å². The van der Waals surface area contributed by atoms with E-state index in [1.807, 2.05) is 0 Å². The number of methoxy groups -OCH3 is 1. The first-order valence-corrected chi connectivity index (χ1v) is 3.09. The summed E-state index contributed by atoms with van der Waals surface area (Å²) in [5.74, 6) is -0.193. The summed E-state index contributed by atoms with van der Waals surface area (Å²) < 4.78 is 14.3. The number of ether oxygens (including phenoxy) is 3. The van der Waals surface area contributed by atoms with Crippen molar-refractivity contribution >= 4 is 5.97 Å². The molecule has 1 fully saturated rings. The quantitative estimate of drug-likeness (QED) is 0.412. The molecular weight excluding hydrogens is 136 g/mol. The first-order valence-electron chi connectivity index (χ1n) is 3.09. The van der Waals surface area contributed by atoms with Gasteiger partial charge in [-0.1, -0.05) is 0 Å². The molecule has 1 aliphatic rings. The SMILES string of the molecule is COCOC1COC(=O)C1. The predicted molar refractivity (Wildman–Crippen MR) is 32.3 cm³/mol. The average molecular weight is 146 g/mol. The van der Waals surface area contributed by atoms with Crippen LogP contribution in [0.4, 0.5) is 0 Å². The van der Waals surface area contributed by atoms with Gasteiger partial charge in [-0.05, 0) is 0 Å². The summed E-state index contributed by atoms with van der Waals surface area (Å²) in [5, 5.41) is 0. The highest BCUT2D eigenvalue weighted by atomic mass is 16.7. The summed E-state index contributed by atoms with van der Waals surface area (Å²) in [5.41, 5.74) is 0. The Morgan fingerprint density at radius 1 is 1.80 bits per heavy atom. The van der Waals surface area contributed by atoms with Gasteiger partial charge in [-0.3, -0.25) is 4.79 Å². The molecule has 1 saturated heterocycles. The normalized spacial score (nSPS) is 24.9. The molecule has 1 unspecified atom stereocenters. The van der Waals surface area contributed by atoms with Crippen molar-refractivity contribution in [2.75, 3.05) is 20.5 Å². The third kappa shape index (κ3) is 1.97. The second-order valence-corrected chi connectivity index (χ2v) is 2.08. The minimum Gasteiger partial charge on any atom is -0.463 e. The lowest BCUT2D eigenvalue weighted by Gasteiger charge is -2.05. The lowest BCUT2D eigenvalue weighted by Crippen LogP contribution is -2.13. The minimum absolute atomic E-state index is 0.104. The van der Waals surface area contributed by atoms with Gasteiger partial charge in [0, 0.05) is 7.11 Å². The van der Waals surface area contributed by atoms with Gasteiger partial charge >= 0.3 is 5.97 Å². The molecule has 0 saturated carbocycles. The van der Waals surface area contributed by atoms with Crippen LogP contribution in [0.25, 0.3) is 0 Å². The van der Waals surface area contributed by atoms with E-state index in [0.717, 1.165) is 0 Å². The lowest BCUT2D eigenvalue weighted by molar-refractivity contribution is -0.137. The van der Waals surface area contributed by atoms with Gasteiger partial charge < -0.3 is 14.2 Å². The van der Waals surface area contributed by atoms with E-state index < -0.39 is 0 Å². The lowest BCUT2D eigenvalue weighted by atomic mass is 10.3. The molecule has 10 heavy (non-hydrogen) atoms. The maximum atomic E-state index is 10.5. The topological polar surface area (TPSA) is 44.8 Å². The maximum absolute atomic E-state index is 10.5. The van der Waals surface area contributed by atoms with Crippen LogP contribution in [-0.2, 0) is 19.0 Å². The largest absolute Gasteiger partial charge is 0.463 e. The molecule has 0 aromatic rings. The fraction of sp³-hybridized carbons (Fsp3) is 0.833. The van der Waals surface area contributed by atoms with Crippen molar-refractivity contribution in [2.45, 2.75) is 12.5 Å². The first kappa shape index (κ1) is 7.50. The Hall–Kier alpha value is -0.610. The Balaban J connectivity index is 2.12. The Bertz CT molecular complexity index is 123. The van der Waals surface area contributed by atoms with Crippen LogP contribution in [0.5, 0.6) is 0 Å². The number of carbonyl (C=O) groups is 1. The summed E-state index contributed by atoms with van der Waals surface area (Å²) >= 11 is 0. The Labute approximate surface area is 59.1 Å². The zero-order chi connectivity index (χ0) is 7.40. The van der Waals surface area contributed by atoms with Gasteiger partial charge in [0.05, 0.1) is 6.42 Å². The van der Waals surface area contributed by atoms with Crippen molar-refractivity contribution in [3.8, 4) is 0 Å². The van der Waals surface area contributed by atoms with E-state index >= 15 is 0 Å². The van der Waals surface area contributed by atoms with Crippen LogP contribution in [0.3, 0.4) is 0 Å². The minimum atomic E-state index is -0.193. The number of rotatable bonds is 3. The average Bonchev–Trinajstić information content (AvgIpc) is 2.31. The number of esters is 1. The second-order valence-electron chi connectivity index (χ2n) is 2.08. The summed E-state index contributed by atoms with van der Waals surface area (Å²) in [6.45, 7) is 0.587. The van der Waals surface area contributed by atoms with Crippen molar-refractivity contribution in [2.24, 2.45) is 0 Å². The number of cyclic esters (lactones) is 1. The Morgan fingerprint density at radius 2 is 2.60 bits per heavy atom. The van der Waals surface area contributed by atoms with Crippen LogP contribution in [0.2, 0.25) is 0 Å². The van der Waals surface area contributed by atoms with E-state index in [1.54, 1.807) is 0 Å². The molecule has 0 bridgehead atoms. The van der Waals surface area contributed by atoms with Crippen molar-refractivity contribution < 1.29 is 19.0 Å². The summed E-state index contributed by atoms with van der Waals surface area (Å²) in [6, 6.07) is 0. The van der Waals surface area contributed by atoms with E-state index in [1.165, 1.54) is 7.11 Å². The molecule has 4 heteroatoms. The monoisotopic (exact) mass is 146 g/mol. The number of hydrogen-bond donors (Lipinski definition) is 0. The van der Waals surface area contributed by atoms with E-state index in [0.29, 0.717) is 13.0 Å². The molecule has 1 aliphatic heterocycles. The smallest absolute Gasteiger partial charge is 0.308 e. The molecule has 0 spiro atoms. The van der Waals surface area contributed by atoms with Crippen molar-refractivity contribution in [3.63, 3.8) is 0 Å². The van der Waals surface area contributed by atoms with Crippen molar-refractivity contribution in [1.29, 1.82) is 0 Å². The van der Waals surface area contributed by atoms with Gasteiger partial charge in [-0.2, -0.15) is 0 Å². The van der Waals surface area contributed by atoms with E-state index in [4.69, 9.17) is 4.74 Å². The molecule has 1 atom stereocenters. The number of hydrogen-bond acceptors (Lipinski definition) is 4. The van der Waals surface area contributed by atoms with Crippen molar-refractivity contribution in [3.05, 3.63) is 0 Å². The van der Waals surface area contributed by atoms with E-state index in [2.05, 4.69) is 9.47 Å². The van der Waals surface area contributed by atoms with Gasteiger partial charge in [0.25, 0.3) is 0 Å². The van der Waals surface area contributed by atoms with Crippen LogP contribution in [0, 0.1) is 0 Å². The highest BCUT2D eigenvalue weighted by Gasteiger charge is 2.23. The molecule has 0 aliphatic carbocycles. The molecule has 0 amide bonds. The Kier molecular flexibility index (Phi) is 2.65. The van der Waals surface area contributed by atoms with Gasteiger partial charge in [0.15, 0.2) is 0 Å². The molecule has 1 heterocycles. The molecule has 0 aromatic heterocycles. The van der Waals surface area contributed by atoms with Gasteiger partial charge in [-0.15, -0.1) is 0 Å². The maximum Gasteiger partial charge on any atom is 0.308 e. The van der Waals surface area contributed by atoms with Crippen LogP contribution < -0.4 is 0 Å². The highest BCUT2D eigenvalue weighted by Crippen LogP contribution is 2.08. The standard InChI is InChI=1S/C6H10O4/c1-8-4-10-5-2-6(7)9-3-5/h5H,2-4H2,1H3. The third-order valence-electron chi connectivity index (χ3n) is 1.25. The van der Waals surface area contributed by atoms with Crippen molar-refractivity contribution in [1.82, 2.24) is 0 Å². The molecule has 58 valence electrons. The summed E-state index contributed by atoms with van der Waals surface area (Å²) in [6.07, 6.45) is 0.246. The molecule has 0 N–H and O–H groups in total. The van der Waals surface area contributed by atoms with Crippen LogP contribution in [0.15, 0.2) is 0 Å². The fourth-order valence-corrected chi connectivity index (χ4v) is 0.761. The Morgan fingerprint density at radius 3 is 3.10 bits per heavy atom. The zero-order valence-electron chi connectivity index (χ0n) is 5.83. The van der Waals surface area contributed by atoms with E-state index in [-0.39, 0.29) is 18.9 Å². The molecule has 1 rings (SSSR count). The molecule has 0 aromatic carbocycles. The molecule has 4 nitrogen and oxygen atoms in total. The van der Waals surface area contributed by atoms with Gasteiger partial charge in [0.1, 0.15) is 19.5 Å². The summed E-state index contributed by atoms with van der Waals surface area (Å²) in [4.78, 5) is 10.5. The molecule has 0 radical (unpaired) electrons. The van der Waals surface area contributed by atoms with Crippen LogP contribution in [-0.4, -0.2) is 32.6 Å². The third-order valence-corrected chi connectivity index (χ3v) is 1.25.